The normalized spacial score (nSPS) is 13.9. The Kier molecular flexibility index (Phi) is 4.97. The van der Waals surface area contributed by atoms with Gasteiger partial charge in [-0.05, 0) is 37.0 Å². The summed E-state index contributed by atoms with van der Waals surface area (Å²) in [7, 11) is 1.29. The van der Waals surface area contributed by atoms with Crippen LogP contribution in [-0.4, -0.2) is 29.3 Å². The zero-order chi connectivity index (χ0) is 13.7. The minimum atomic E-state index is -0.735. The van der Waals surface area contributed by atoms with Crippen molar-refractivity contribution in [3.05, 3.63) is 23.8 Å². The second-order valence-corrected chi connectivity index (χ2v) is 4.21. The molecule has 5 heteroatoms. The first-order chi connectivity index (χ1) is 8.49. The van der Waals surface area contributed by atoms with Gasteiger partial charge >= 0.3 is 5.97 Å². The zero-order valence-corrected chi connectivity index (χ0v) is 10.6. The number of methoxy groups -OCH3 is 1. The Bertz CT molecular complexity index is 419. The Labute approximate surface area is 106 Å². The molecule has 100 valence electrons. The van der Waals surface area contributed by atoms with Crippen LogP contribution >= 0.6 is 0 Å². The van der Waals surface area contributed by atoms with Crippen LogP contribution in [0.25, 0.3) is 0 Å². The number of carbonyl (C=O) groups excluding carboxylic acids is 1. The van der Waals surface area contributed by atoms with Crippen molar-refractivity contribution >= 4 is 5.97 Å². The van der Waals surface area contributed by atoms with Crippen LogP contribution in [0.15, 0.2) is 18.2 Å². The number of phenols is 2. The van der Waals surface area contributed by atoms with Crippen molar-refractivity contribution in [2.75, 3.05) is 7.11 Å². The van der Waals surface area contributed by atoms with E-state index in [-0.39, 0.29) is 17.4 Å². The van der Waals surface area contributed by atoms with Crippen LogP contribution in [0.2, 0.25) is 0 Å². The fraction of sp³-hybridized carbons (Fsp3) is 0.462. The van der Waals surface area contributed by atoms with E-state index < -0.39 is 12.0 Å². The number of hydrogen-bond donors (Lipinski definition) is 3. The number of nitrogens with two attached hydrogens (primary N) is 1. The maximum absolute atomic E-state index is 11.3. The second-order valence-electron chi connectivity index (χ2n) is 4.21. The molecule has 0 spiro atoms. The molecule has 0 fully saturated rings. The standard InChI is InChI=1S/C13H19NO4/c1-3-8(6-11(14)13(17)18-2)10-7-9(15)4-5-12(10)16/h4-5,7-8,11,15-16H,3,6,14H2,1-2H3. The van der Waals surface area contributed by atoms with Crippen LogP contribution in [0.3, 0.4) is 0 Å². The van der Waals surface area contributed by atoms with Gasteiger partial charge in [0, 0.05) is 5.56 Å². The lowest BCUT2D eigenvalue weighted by atomic mass is 9.89. The van der Waals surface area contributed by atoms with E-state index in [2.05, 4.69) is 4.74 Å². The van der Waals surface area contributed by atoms with Gasteiger partial charge in [0.25, 0.3) is 0 Å². The van der Waals surface area contributed by atoms with Crippen LogP contribution in [0.4, 0.5) is 0 Å². The Morgan fingerprint density at radius 3 is 2.67 bits per heavy atom. The van der Waals surface area contributed by atoms with Crippen molar-refractivity contribution in [1.82, 2.24) is 0 Å². The van der Waals surface area contributed by atoms with E-state index in [1.165, 1.54) is 25.3 Å². The quantitative estimate of drug-likeness (QED) is 0.546. The van der Waals surface area contributed by atoms with Crippen molar-refractivity contribution in [2.45, 2.75) is 31.7 Å². The topological polar surface area (TPSA) is 92.8 Å². The molecule has 0 aliphatic heterocycles. The van der Waals surface area contributed by atoms with Crippen LogP contribution in [0.1, 0.15) is 31.2 Å². The predicted octanol–water partition coefficient (Wildman–Crippen LogP) is 1.48. The van der Waals surface area contributed by atoms with E-state index in [1.54, 1.807) is 0 Å². The van der Waals surface area contributed by atoms with Gasteiger partial charge in [-0.2, -0.15) is 0 Å². The summed E-state index contributed by atoms with van der Waals surface area (Å²) in [5.41, 5.74) is 6.31. The van der Waals surface area contributed by atoms with Crippen molar-refractivity contribution < 1.29 is 19.7 Å². The molecule has 0 heterocycles. The van der Waals surface area contributed by atoms with Crippen molar-refractivity contribution in [2.24, 2.45) is 5.73 Å². The van der Waals surface area contributed by atoms with E-state index in [0.717, 1.165) is 0 Å². The predicted molar refractivity (Wildman–Crippen MR) is 67.4 cm³/mol. The lowest BCUT2D eigenvalue weighted by Crippen LogP contribution is -2.33. The highest BCUT2D eigenvalue weighted by Gasteiger charge is 2.22. The molecule has 0 saturated heterocycles. The third-order valence-corrected chi connectivity index (χ3v) is 2.99. The fourth-order valence-electron chi connectivity index (χ4n) is 1.94. The monoisotopic (exact) mass is 253 g/mol. The van der Waals surface area contributed by atoms with Gasteiger partial charge in [-0.15, -0.1) is 0 Å². The van der Waals surface area contributed by atoms with Crippen LogP contribution in [-0.2, 0) is 9.53 Å². The molecule has 4 N–H and O–H groups in total. The van der Waals surface area contributed by atoms with E-state index >= 15 is 0 Å². The van der Waals surface area contributed by atoms with Crippen molar-refractivity contribution in [3.8, 4) is 11.5 Å². The molecule has 2 unspecified atom stereocenters. The molecule has 0 radical (unpaired) electrons. The Morgan fingerprint density at radius 2 is 2.11 bits per heavy atom. The fourth-order valence-corrected chi connectivity index (χ4v) is 1.94. The number of aromatic hydroxyl groups is 2. The summed E-state index contributed by atoms with van der Waals surface area (Å²) in [5.74, 6) is -0.413. The van der Waals surface area contributed by atoms with E-state index in [0.29, 0.717) is 18.4 Å². The minimum Gasteiger partial charge on any atom is -0.508 e. The molecule has 0 amide bonds. The number of phenolic OH excluding ortho intramolecular Hbond substituents is 2. The number of hydrogen-bond acceptors (Lipinski definition) is 5. The van der Waals surface area contributed by atoms with E-state index in [4.69, 9.17) is 5.73 Å². The van der Waals surface area contributed by atoms with Gasteiger partial charge in [-0.25, -0.2) is 0 Å². The molecule has 0 bridgehead atoms. The molecular weight excluding hydrogens is 234 g/mol. The lowest BCUT2D eigenvalue weighted by Gasteiger charge is -2.19. The SMILES string of the molecule is CCC(CC(N)C(=O)OC)c1cc(O)ccc1O. The van der Waals surface area contributed by atoms with Gasteiger partial charge in [0.1, 0.15) is 17.5 Å². The molecule has 2 atom stereocenters. The van der Waals surface area contributed by atoms with Gasteiger partial charge in [0.2, 0.25) is 0 Å². The average Bonchev–Trinajstić information content (AvgIpc) is 2.37. The number of rotatable bonds is 5. The molecule has 0 aliphatic rings. The Hall–Kier alpha value is -1.75. The summed E-state index contributed by atoms with van der Waals surface area (Å²) in [4.78, 5) is 11.3. The minimum absolute atomic E-state index is 0.0767. The molecule has 18 heavy (non-hydrogen) atoms. The summed E-state index contributed by atoms with van der Waals surface area (Å²) in [6.07, 6.45) is 1.06. The summed E-state index contributed by atoms with van der Waals surface area (Å²) >= 11 is 0. The second kappa shape index (κ2) is 6.26. The number of carbonyl (C=O) groups is 1. The van der Waals surface area contributed by atoms with E-state index in [9.17, 15) is 15.0 Å². The first-order valence-corrected chi connectivity index (χ1v) is 5.84. The molecule has 5 nitrogen and oxygen atoms in total. The smallest absolute Gasteiger partial charge is 0.322 e. The van der Waals surface area contributed by atoms with Crippen LogP contribution < -0.4 is 5.73 Å². The molecule has 1 aromatic carbocycles. The van der Waals surface area contributed by atoms with Crippen LogP contribution in [0.5, 0.6) is 11.5 Å². The number of ether oxygens (including phenoxy) is 1. The first kappa shape index (κ1) is 14.3. The molecule has 0 aliphatic carbocycles. The van der Waals surface area contributed by atoms with Gasteiger partial charge in [0.05, 0.1) is 7.11 Å². The molecule has 0 aromatic heterocycles. The zero-order valence-electron chi connectivity index (χ0n) is 10.6. The van der Waals surface area contributed by atoms with Gasteiger partial charge in [-0.3, -0.25) is 4.79 Å². The summed E-state index contributed by atoms with van der Waals surface area (Å²) in [6, 6.07) is 3.60. The van der Waals surface area contributed by atoms with Crippen LogP contribution in [0, 0.1) is 0 Å². The molecule has 1 aromatic rings. The van der Waals surface area contributed by atoms with E-state index in [1.807, 2.05) is 6.92 Å². The maximum Gasteiger partial charge on any atom is 0.322 e. The average molecular weight is 253 g/mol. The van der Waals surface area contributed by atoms with Crippen molar-refractivity contribution in [3.63, 3.8) is 0 Å². The highest BCUT2D eigenvalue weighted by atomic mass is 16.5. The summed E-state index contributed by atoms with van der Waals surface area (Å²) in [6.45, 7) is 1.93. The summed E-state index contributed by atoms with van der Waals surface area (Å²) < 4.78 is 4.57. The third-order valence-electron chi connectivity index (χ3n) is 2.99. The summed E-state index contributed by atoms with van der Waals surface area (Å²) in [5, 5.41) is 19.2. The van der Waals surface area contributed by atoms with Gasteiger partial charge in [-0.1, -0.05) is 6.92 Å². The molecule has 0 saturated carbocycles. The first-order valence-electron chi connectivity index (χ1n) is 5.84. The highest BCUT2D eigenvalue weighted by molar-refractivity contribution is 5.75. The molecule has 1 rings (SSSR count). The number of benzene rings is 1. The third kappa shape index (κ3) is 3.37. The lowest BCUT2D eigenvalue weighted by molar-refractivity contribution is -0.142. The maximum atomic E-state index is 11.3. The van der Waals surface area contributed by atoms with Gasteiger partial charge in [0.15, 0.2) is 0 Å². The van der Waals surface area contributed by atoms with Crippen molar-refractivity contribution in [1.29, 1.82) is 0 Å². The van der Waals surface area contributed by atoms with Gasteiger partial charge < -0.3 is 20.7 Å². The molecular formula is C13H19NO4. The Balaban J connectivity index is 2.89. The number of esters is 1. The Morgan fingerprint density at radius 1 is 1.44 bits per heavy atom. The largest absolute Gasteiger partial charge is 0.508 e. The highest BCUT2D eigenvalue weighted by Crippen LogP contribution is 2.33.